The fourth-order valence-corrected chi connectivity index (χ4v) is 5.69. The van der Waals surface area contributed by atoms with Gasteiger partial charge in [-0.3, -0.25) is 0 Å². The predicted octanol–water partition coefficient (Wildman–Crippen LogP) is 1.51. The van der Waals surface area contributed by atoms with E-state index in [9.17, 15) is 13.2 Å². The molecule has 6 heteroatoms. The molecule has 1 aliphatic heterocycles. The summed E-state index contributed by atoms with van der Waals surface area (Å²) in [6.07, 6.45) is 4.68. The van der Waals surface area contributed by atoms with E-state index in [4.69, 9.17) is 8.83 Å². The van der Waals surface area contributed by atoms with Crippen molar-refractivity contribution in [3.05, 3.63) is 57.3 Å². The molecule has 0 amide bonds. The lowest BCUT2D eigenvalue weighted by Gasteiger charge is -2.22. The number of benzene rings is 1. The first kappa shape index (κ1) is 14.5. The molecular weight excluding hydrogens is 316 g/mol. The number of hydrogen-bond donors (Lipinski definition) is 0. The summed E-state index contributed by atoms with van der Waals surface area (Å²) in [5, 5.41) is 0. The predicted molar refractivity (Wildman–Crippen MR) is 84.3 cm³/mol. The van der Waals surface area contributed by atoms with Crippen molar-refractivity contribution in [3.63, 3.8) is 0 Å². The second-order valence-electron chi connectivity index (χ2n) is 6.01. The molecule has 0 bridgehead atoms. The number of sulfone groups is 1. The van der Waals surface area contributed by atoms with Gasteiger partial charge in [0.2, 0.25) is 9.84 Å². The number of hydrogen-bond acceptors (Lipinski definition) is 5. The van der Waals surface area contributed by atoms with Crippen molar-refractivity contribution in [3.8, 4) is 0 Å². The summed E-state index contributed by atoms with van der Waals surface area (Å²) in [5.74, 6) is -0.957. The zero-order valence-corrected chi connectivity index (χ0v) is 13.3. The van der Waals surface area contributed by atoms with Crippen LogP contribution < -0.4 is 16.7 Å². The average molecular weight is 332 g/mol. The average Bonchev–Trinajstić information content (AvgIpc) is 2.99. The summed E-state index contributed by atoms with van der Waals surface area (Å²) < 4.78 is 36.5. The Hall–Kier alpha value is -2.08. The molecule has 1 aliphatic carbocycles. The van der Waals surface area contributed by atoms with Crippen molar-refractivity contribution in [2.24, 2.45) is 5.92 Å². The summed E-state index contributed by atoms with van der Waals surface area (Å²) in [4.78, 5) is 11.9. The molecule has 1 saturated carbocycles. The van der Waals surface area contributed by atoms with Crippen LogP contribution in [-0.4, -0.2) is 8.42 Å². The van der Waals surface area contributed by atoms with Crippen LogP contribution in [0.3, 0.4) is 0 Å². The number of rotatable bonds is 2. The lowest BCUT2D eigenvalue weighted by Crippen LogP contribution is -2.23. The Morgan fingerprint density at radius 3 is 2.26 bits per heavy atom. The summed E-state index contributed by atoms with van der Waals surface area (Å²) in [6.45, 7) is 0. The minimum absolute atomic E-state index is 0.0551. The fraction of sp³-hybridized carbons (Fsp3) is 0.353. The summed E-state index contributed by atoms with van der Waals surface area (Å²) in [7, 11) is -3.71. The molecule has 120 valence electrons. The van der Waals surface area contributed by atoms with Gasteiger partial charge in [0.1, 0.15) is 4.91 Å². The maximum Gasteiger partial charge on any atom is 0.519 e. The first-order valence-electron chi connectivity index (χ1n) is 7.78. The van der Waals surface area contributed by atoms with E-state index in [1.165, 1.54) is 0 Å². The van der Waals surface area contributed by atoms with Gasteiger partial charge in [-0.1, -0.05) is 49.6 Å². The molecule has 0 spiro atoms. The van der Waals surface area contributed by atoms with Crippen molar-refractivity contribution >= 4 is 19.6 Å². The Kier molecular flexibility index (Phi) is 3.30. The van der Waals surface area contributed by atoms with Gasteiger partial charge < -0.3 is 8.83 Å². The number of fused-ring (bicyclic) bond motifs is 1. The van der Waals surface area contributed by atoms with Crippen molar-refractivity contribution in [2.75, 3.05) is 0 Å². The van der Waals surface area contributed by atoms with E-state index >= 15 is 0 Å². The van der Waals surface area contributed by atoms with Gasteiger partial charge in [-0.2, -0.15) is 0 Å². The van der Waals surface area contributed by atoms with Gasteiger partial charge in [-0.05, 0) is 24.3 Å². The normalized spacial score (nSPS) is 20.7. The minimum Gasteiger partial charge on any atom is -0.390 e. The highest BCUT2D eigenvalue weighted by Gasteiger charge is 2.40. The van der Waals surface area contributed by atoms with Crippen LogP contribution in [0.5, 0.6) is 0 Å². The van der Waals surface area contributed by atoms with Gasteiger partial charge in [0, 0.05) is 0 Å². The third kappa shape index (κ3) is 2.20. The Balaban J connectivity index is 2.05. The van der Waals surface area contributed by atoms with E-state index in [1.54, 1.807) is 24.3 Å². The first-order chi connectivity index (χ1) is 11.1. The summed E-state index contributed by atoms with van der Waals surface area (Å²) in [5.41, 5.74) is 0.687. The van der Waals surface area contributed by atoms with Crippen LogP contribution in [0.25, 0.3) is 9.81 Å². The Morgan fingerprint density at radius 1 is 0.913 bits per heavy atom. The third-order valence-corrected chi connectivity index (χ3v) is 6.63. The monoisotopic (exact) mass is 332 g/mol. The molecule has 1 fully saturated rings. The molecule has 0 N–H and O–H groups in total. The van der Waals surface area contributed by atoms with E-state index < -0.39 is 15.7 Å². The van der Waals surface area contributed by atoms with Gasteiger partial charge in [0.15, 0.2) is 10.8 Å². The molecule has 2 aromatic rings. The van der Waals surface area contributed by atoms with E-state index in [-0.39, 0.29) is 26.6 Å². The van der Waals surface area contributed by atoms with E-state index in [1.807, 2.05) is 6.07 Å². The van der Waals surface area contributed by atoms with Crippen molar-refractivity contribution in [2.45, 2.75) is 32.1 Å². The van der Waals surface area contributed by atoms with Crippen LogP contribution in [0, 0.1) is 5.92 Å². The van der Waals surface area contributed by atoms with Crippen molar-refractivity contribution in [1.29, 1.82) is 0 Å². The highest BCUT2D eigenvalue weighted by atomic mass is 32.2. The Morgan fingerprint density at radius 2 is 1.57 bits per heavy atom. The van der Waals surface area contributed by atoms with Gasteiger partial charge in [0.05, 0.1) is 4.91 Å². The lowest BCUT2D eigenvalue weighted by atomic mass is 9.89. The molecule has 1 aromatic carbocycles. The molecule has 23 heavy (non-hydrogen) atoms. The first-order valence-corrected chi connectivity index (χ1v) is 9.26. The van der Waals surface area contributed by atoms with Gasteiger partial charge >= 0.3 is 5.82 Å². The molecule has 2 aliphatic rings. The second-order valence-corrected chi connectivity index (χ2v) is 7.87. The molecule has 0 unspecified atom stereocenters. The maximum atomic E-state index is 13.1. The van der Waals surface area contributed by atoms with Crippen LogP contribution in [0.15, 0.2) is 44.0 Å². The molecule has 0 atom stereocenters. The van der Waals surface area contributed by atoms with Crippen LogP contribution in [0.2, 0.25) is 0 Å². The largest absolute Gasteiger partial charge is 0.519 e. The Labute approximate surface area is 132 Å². The molecule has 5 nitrogen and oxygen atoms in total. The van der Waals surface area contributed by atoms with E-state index in [0.29, 0.717) is 5.56 Å². The highest BCUT2D eigenvalue weighted by molar-refractivity contribution is 8.08. The molecule has 1 aromatic heterocycles. The molecular formula is C17H16O5S. The molecule has 0 radical (unpaired) electrons. The smallest absolute Gasteiger partial charge is 0.390 e. The van der Waals surface area contributed by atoms with Crippen molar-refractivity contribution < 1.29 is 17.3 Å². The van der Waals surface area contributed by atoms with Crippen LogP contribution >= 0.6 is 0 Å². The SMILES string of the molecule is O=c1oc2c(o1)=C(C1CCCCC1)S(=O)(=O)C=2c1ccccc1. The van der Waals surface area contributed by atoms with E-state index in [2.05, 4.69) is 0 Å². The topological polar surface area (TPSA) is 77.5 Å². The van der Waals surface area contributed by atoms with Crippen LogP contribution in [0.1, 0.15) is 37.7 Å². The lowest BCUT2D eigenvalue weighted by molar-refractivity contribution is 0.367. The van der Waals surface area contributed by atoms with Crippen molar-refractivity contribution in [1.82, 2.24) is 0 Å². The fourth-order valence-electron chi connectivity index (χ4n) is 3.59. The maximum absolute atomic E-state index is 13.1. The van der Waals surface area contributed by atoms with Gasteiger partial charge in [-0.25, -0.2) is 13.2 Å². The van der Waals surface area contributed by atoms with Crippen LogP contribution in [-0.2, 0) is 9.84 Å². The highest BCUT2D eigenvalue weighted by Crippen LogP contribution is 2.38. The standard InChI is InChI=1S/C17H16O5S/c18-17-21-13-14(22-17)16(12-9-5-2-6-10-12)23(19,20)15(13)11-7-3-1-4-8-11/h1,3-4,7-8,12H,2,5-6,9-10H2. The van der Waals surface area contributed by atoms with Gasteiger partial charge in [0.25, 0.3) is 0 Å². The van der Waals surface area contributed by atoms with Crippen LogP contribution in [0.4, 0.5) is 0 Å². The summed E-state index contributed by atoms with van der Waals surface area (Å²) in [6, 6.07) is 8.73. The molecule has 0 saturated heterocycles. The van der Waals surface area contributed by atoms with Gasteiger partial charge in [-0.15, -0.1) is 0 Å². The summed E-state index contributed by atoms with van der Waals surface area (Å²) >= 11 is 0. The molecule has 4 rings (SSSR count). The quantitative estimate of drug-likeness (QED) is 0.833. The second kappa shape index (κ2) is 5.23. The molecule has 2 heterocycles. The minimum atomic E-state index is -3.71. The zero-order chi connectivity index (χ0) is 16.0. The third-order valence-electron chi connectivity index (χ3n) is 4.58. The zero-order valence-electron chi connectivity index (χ0n) is 12.4. The van der Waals surface area contributed by atoms with E-state index in [0.717, 1.165) is 32.1 Å². The Bertz CT molecular complexity index is 1020.